The molecule has 0 saturated carbocycles. The van der Waals surface area contributed by atoms with Crippen LogP contribution in [0.2, 0.25) is 0 Å². The summed E-state index contributed by atoms with van der Waals surface area (Å²) >= 11 is 0. The van der Waals surface area contributed by atoms with Gasteiger partial charge in [0.05, 0.1) is 5.69 Å². The lowest BCUT2D eigenvalue weighted by Crippen LogP contribution is -2.43. The lowest BCUT2D eigenvalue weighted by Gasteiger charge is -2.28. The second kappa shape index (κ2) is 3.53. The number of carbonyl (C=O) groups excluding carboxylic acids is 1. The highest BCUT2D eigenvalue weighted by Gasteiger charge is 2.49. The van der Waals surface area contributed by atoms with E-state index in [1.54, 1.807) is 0 Å². The third kappa shape index (κ3) is 1.72. The molecule has 4 nitrogen and oxygen atoms in total. The zero-order valence-corrected chi connectivity index (χ0v) is 7.62. The molecule has 0 spiro atoms. The molecule has 0 fully saturated rings. The van der Waals surface area contributed by atoms with Crippen LogP contribution in [0.15, 0.2) is 23.2 Å². The molecule has 1 aliphatic heterocycles. The molecule has 1 heterocycles. The van der Waals surface area contributed by atoms with Gasteiger partial charge in [-0.05, 0) is 12.1 Å². The van der Waals surface area contributed by atoms with Crippen molar-refractivity contribution in [2.75, 3.05) is 0 Å². The maximum absolute atomic E-state index is 12.8. The van der Waals surface area contributed by atoms with E-state index in [0.29, 0.717) is 0 Å². The molecule has 0 N–H and O–H groups in total. The first-order valence-electron chi connectivity index (χ1n) is 4.12. The molecule has 7 heteroatoms. The Morgan fingerprint density at radius 2 is 2.12 bits per heavy atom. The second-order valence-corrected chi connectivity index (χ2v) is 2.93. The molecule has 0 radical (unpaired) electrons. The van der Waals surface area contributed by atoms with Gasteiger partial charge in [0.15, 0.2) is 11.5 Å². The fraction of sp³-hybridized carbons (Fsp3) is 0.222. The first-order chi connectivity index (χ1) is 7.53. The van der Waals surface area contributed by atoms with Gasteiger partial charge in [-0.3, -0.25) is 0 Å². The van der Waals surface area contributed by atoms with Crippen LogP contribution in [0, 0.1) is 0 Å². The van der Waals surface area contributed by atoms with Crippen molar-refractivity contribution in [1.82, 2.24) is 0 Å². The molecular weight excluding hydrogens is 227 g/mol. The number of hydrogen-bond donors (Lipinski definition) is 0. The highest BCUT2D eigenvalue weighted by molar-refractivity contribution is 5.56. The molecule has 1 unspecified atom stereocenters. The molecular formula is C9H4F3NO3. The number of rotatable bonds is 1. The van der Waals surface area contributed by atoms with E-state index in [1.165, 1.54) is 12.1 Å². The minimum absolute atomic E-state index is 0.106. The van der Waals surface area contributed by atoms with Gasteiger partial charge < -0.3 is 9.47 Å². The van der Waals surface area contributed by atoms with E-state index < -0.39 is 12.5 Å². The highest BCUT2D eigenvalue weighted by Crippen LogP contribution is 2.41. The van der Waals surface area contributed by atoms with E-state index in [0.717, 1.165) is 12.1 Å². The summed E-state index contributed by atoms with van der Waals surface area (Å²) in [5, 5.41) is 0. The van der Waals surface area contributed by atoms with Gasteiger partial charge in [-0.25, -0.2) is 4.79 Å². The van der Waals surface area contributed by atoms with Crippen LogP contribution < -0.4 is 9.47 Å². The molecule has 1 aliphatic rings. The number of aliphatic imine (C=N–C) groups is 1. The van der Waals surface area contributed by atoms with Crippen LogP contribution in [0.4, 0.5) is 18.9 Å². The van der Waals surface area contributed by atoms with Crippen molar-refractivity contribution in [3.05, 3.63) is 18.2 Å². The van der Waals surface area contributed by atoms with Gasteiger partial charge >= 0.3 is 12.5 Å². The van der Waals surface area contributed by atoms with Crippen molar-refractivity contribution in [3.63, 3.8) is 0 Å². The normalized spacial score (nSPS) is 21.1. The number of halogens is 3. The Labute approximate surface area is 87.3 Å². The van der Waals surface area contributed by atoms with Crippen molar-refractivity contribution in [2.24, 2.45) is 4.99 Å². The van der Waals surface area contributed by atoms with Crippen LogP contribution in [-0.2, 0) is 4.79 Å². The molecule has 2 rings (SSSR count). The van der Waals surface area contributed by atoms with E-state index in [4.69, 9.17) is 0 Å². The monoisotopic (exact) mass is 231 g/mol. The smallest absolute Gasteiger partial charge is 0.447 e. The average molecular weight is 231 g/mol. The quantitative estimate of drug-likeness (QED) is 0.550. The zero-order chi connectivity index (χ0) is 11.8. The van der Waals surface area contributed by atoms with Gasteiger partial charge in [0.2, 0.25) is 6.08 Å². The van der Waals surface area contributed by atoms with Gasteiger partial charge in [-0.15, -0.1) is 0 Å². The Kier molecular flexibility index (Phi) is 2.32. The molecule has 0 aliphatic carbocycles. The number of fused-ring (bicyclic) bond motifs is 1. The SMILES string of the molecule is O=C=Nc1ccc2c(c1)OC(F)C(F)(F)O2. The van der Waals surface area contributed by atoms with E-state index >= 15 is 0 Å². The highest BCUT2D eigenvalue weighted by atomic mass is 19.3. The maximum atomic E-state index is 12.8. The van der Waals surface area contributed by atoms with Crippen LogP contribution >= 0.6 is 0 Å². The lowest BCUT2D eigenvalue weighted by atomic mass is 10.2. The van der Waals surface area contributed by atoms with Crippen molar-refractivity contribution < 1.29 is 27.4 Å². The third-order valence-electron chi connectivity index (χ3n) is 1.84. The van der Waals surface area contributed by atoms with Crippen molar-refractivity contribution >= 4 is 11.8 Å². The molecule has 0 saturated heterocycles. The average Bonchev–Trinajstić information content (AvgIpc) is 2.20. The summed E-state index contributed by atoms with van der Waals surface area (Å²) in [5.41, 5.74) is 0.106. The second-order valence-electron chi connectivity index (χ2n) is 2.93. The number of ether oxygens (including phenoxy) is 2. The van der Waals surface area contributed by atoms with Crippen LogP contribution in [0.3, 0.4) is 0 Å². The van der Waals surface area contributed by atoms with Gasteiger partial charge in [-0.1, -0.05) is 0 Å². The number of alkyl halides is 3. The van der Waals surface area contributed by atoms with E-state index in [1.807, 2.05) is 0 Å². The summed E-state index contributed by atoms with van der Waals surface area (Å²) in [5.74, 6) is -0.557. The number of nitrogens with zero attached hydrogens (tertiary/aromatic N) is 1. The summed E-state index contributed by atoms with van der Waals surface area (Å²) < 4.78 is 46.6. The molecule has 0 amide bonds. The first-order valence-corrected chi connectivity index (χ1v) is 4.12. The molecule has 0 bridgehead atoms. The van der Waals surface area contributed by atoms with E-state index in [9.17, 15) is 18.0 Å². The van der Waals surface area contributed by atoms with Crippen LogP contribution in [0.1, 0.15) is 0 Å². The number of hydrogen-bond acceptors (Lipinski definition) is 4. The summed E-state index contributed by atoms with van der Waals surface area (Å²) in [4.78, 5) is 13.2. The first kappa shape index (κ1) is 10.5. The standard InChI is InChI=1S/C9H4F3NO3/c10-8-9(11,12)16-6-2-1-5(13-4-14)3-7(6)15-8/h1-3,8H. The zero-order valence-electron chi connectivity index (χ0n) is 7.62. The van der Waals surface area contributed by atoms with Crippen LogP contribution in [0.5, 0.6) is 11.5 Å². The minimum Gasteiger partial charge on any atom is -0.447 e. The molecule has 1 atom stereocenters. The van der Waals surface area contributed by atoms with E-state index in [2.05, 4.69) is 14.5 Å². The molecule has 84 valence electrons. The third-order valence-corrected chi connectivity index (χ3v) is 1.84. The van der Waals surface area contributed by atoms with E-state index in [-0.39, 0.29) is 17.2 Å². The van der Waals surface area contributed by atoms with Crippen molar-refractivity contribution in [3.8, 4) is 11.5 Å². The summed E-state index contributed by atoms with van der Waals surface area (Å²) in [6.45, 7) is 0. The summed E-state index contributed by atoms with van der Waals surface area (Å²) in [6.07, 6.45) is -5.66. The Morgan fingerprint density at radius 3 is 2.81 bits per heavy atom. The molecule has 16 heavy (non-hydrogen) atoms. The summed E-state index contributed by atoms with van der Waals surface area (Å²) in [7, 11) is 0. The largest absolute Gasteiger partial charge is 0.468 e. The van der Waals surface area contributed by atoms with Gasteiger partial charge in [0.1, 0.15) is 0 Å². The number of benzene rings is 1. The summed E-state index contributed by atoms with van der Waals surface area (Å²) in [6, 6.07) is 3.44. The molecule has 0 aromatic heterocycles. The Morgan fingerprint density at radius 1 is 1.38 bits per heavy atom. The Bertz CT molecular complexity index is 471. The Hall–Kier alpha value is -2.01. The molecule has 1 aromatic rings. The van der Waals surface area contributed by atoms with Crippen LogP contribution in [-0.4, -0.2) is 18.5 Å². The predicted molar refractivity (Wildman–Crippen MR) is 45.3 cm³/mol. The van der Waals surface area contributed by atoms with Crippen molar-refractivity contribution in [1.29, 1.82) is 0 Å². The lowest BCUT2D eigenvalue weighted by molar-refractivity contribution is -0.281. The van der Waals surface area contributed by atoms with Gasteiger partial charge in [0, 0.05) is 6.07 Å². The fourth-order valence-corrected chi connectivity index (χ4v) is 1.17. The van der Waals surface area contributed by atoms with Crippen LogP contribution in [0.25, 0.3) is 0 Å². The number of isocyanates is 1. The van der Waals surface area contributed by atoms with Gasteiger partial charge in [0.25, 0.3) is 0 Å². The minimum atomic E-state index is -4.03. The molecule has 1 aromatic carbocycles. The Balaban J connectivity index is 2.40. The fourth-order valence-electron chi connectivity index (χ4n) is 1.17. The topological polar surface area (TPSA) is 47.9 Å². The van der Waals surface area contributed by atoms with Gasteiger partial charge in [-0.2, -0.15) is 18.2 Å². The van der Waals surface area contributed by atoms with Crippen molar-refractivity contribution in [2.45, 2.75) is 12.5 Å². The predicted octanol–water partition coefficient (Wildman–Crippen LogP) is 2.31. The maximum Gasteiger partial charge on any atom is 0.468 e.